The van der Waals surface area contributed by atoms with E-state index < -0.39 is 5.97 Å². The highest BCUT2D eigenvalue weighted by Gasteiger charge is 2.14. The first kappa shape index (κ1) is 14.0. The van der Waals surface area contributed by atoms with E-state index in [0.717, 1.165) is 0 Å². The number of rotatable bonds is 6. The number of amides is 1. The summed E-state index contributed by atoms with van der Waals surface area (Å²) >= 11 is 0. The van der Waals surface area contributed by atoms with Gasteiger partial charge in [-0.1, -0.05) is 0 Å². The van der Waals surface area contributed by atoms with Crippen LogP contribution in [0, 0.1) is 0 Å². The number of hydrogen-bond donors (Lipinski definition) is 1. The number of carbonyl (C=O) groups is 2. The molecule has 0 aliphatic carbocycles. The van der Waals surface area contributed by atoms with Gasteiger partial charge in [-0.2, -0.15) is 0 Å². The smallest absolute Gasteiger partial charge is 0.339 e. The van der Waals surface area contributed by atoms with Gasteiger partial charge in [-0.05, 0) is 19.9 Å². The molecular formula is C12H16N2O4. The number of ether oxygens (including phenoxy) is 1. The second kappa shape index (κ2) is 6.58. The average Bonchev–Trinajstić information content (AvgIpc) is 2.38. The number of nitrogens with zero attached hydrogens (tertiary/aromatic N) is 2. The Morgan fingerprint density at radius 3 is 2.61 bits per heavy atom. The number of likely N-dealkylation sites (N-methyl/N-ethyl adjacent to an activating group) is 1. The third-order valence-corrected chi connectivity index (χ3v) is 2.48. The molecule has 18 heavy (non-hydrogen) atoms. The molecular weight excluding hydrogens is 236 g/mol. The van der Waals surface area contributed by atoms with Gasteiger partial charge in [0.05, 0.1) is 6.20 Å². The Morgan fingerprint density at radius 1 is 1.39 bits per heavy atom. The number of carbonyl (C=O) groups excluding carboxylic acids is 1. The number of carboxylic acid groups (broad SMARTS) is 1. The Hall–Kier alpha value is -2.11. The summed E-state index contributed by atoms with van der Waals surface area (Å²) in [5, 5.41) is 8.93. The minimum absolute atomic E-state index is 0.00246. The molecule has 0 fully saturated rings. The molecule has 98 valence electrons. The zero-order valence-corrected chi connectivity index (χ0v) is 10.4. The molecule has 1 rings (SSSR count). The van der Waals surface area contributed by atoms with Gasteiger partial charge in [0, 0.05) is 19.3 Å². The molecule has 1 aromatic heterocycles. The van der Waals surface area contributed by atoms with Crippen molar-refractivity contribution in [3.63, 3.8) is 0 Å². The van der Waals surface area contributed by atoms with Crippen molar-refractivity contribution in [2.75, 3.05) is 19.7 Å². The van der Waals surface area contributed by atoms with Crippen molar-refractivity contribution in [3.8, 4) is 5.75 Å². The van der Waals surface area contributed by atoms with Crippen molar-refractivity contribution in [2.45, 2.75) is 13.8 Å². The van der Waals surface area contributed by atoms with Gasteiger partial charge in [0.2, 0.25) is 0 Å². The molecule has 0 saturated heterocycles. The van der Waals surface area contributed by atoms with Crippen molar-refractivity contribution in [1.29, 1.82) is 0 Å². The van der Waals surface area contributed by atoms with Gasteiger partial charge in [-0.15, -0.1) is 0 Å². The van der Waals surface area contributed by atoms with E-state index in [2.05, 4.69) is 4.98 Å². The third-order valence-electron chi connectivity index (χ3n) is 2.48. The van der Waals surface area contributed by atoms with Crippen LogP contribution in [0.4, 0.5) is 0 Å². The van der Waals surface area contributed by atoms with Crippen molar-refractivity contribution in [3.05, 3.63) is 24.0 Å². The lowest BCUT2D eigenvalue weighted by Gasteiger charge is -2.18. The van der Waals surface area contributed by atoms with Crippen LogP contribution in [0.5, 0.6) is 5.75 Å². The average molecular weight is 252 g/mol. The maximum Gasteiger partial charge on any atom is 0.339 e. The lowest BCUT2D eigenvalue weighted by molar-refractivity contribution is -0.133. The van der Waals surface area contributed by atoms with Crippen LogP contribution in [0.15, 0.2) is 18.5 Å². The fourth-order valence-electron chi connectivity index (χ4n) is 1.48. The van der Waals surface area contributed by atoms with E-state index >= 15 is 0 Å². The summed E-state index contributed by atoms with van der Waals surface area (Å²) in [6.07, 6.45) is 2.65. The summed E-state index contributed by atoms with van der Waals surface area (Å²) in [7, 11) is 0. The Bertz CT molecular complexity index is 430. The van der Waals surface area contributed by atoms with Gasteiger partial charge in [0.15, 0.2) is 12.4 Å². The second-order valence-corrected chi connectivity index (χ2v) is 3.53. The van der Waals surface area contributed by atoms with Crippen LogP contribution in [0.1, 0.15) is 24.2 Å². The minimum Gasteiger partial charge on any atom is -0.481 e. The Balaban J connectivity index is 2.69. The predicted octanol–water partition coefficient (Wildman–Crippen LogP) is 1.03. The number of pyridine rings is 1. The SMILES string of the molecule is CCN(CC)C(=O)COc1cnccc1C(=O)O. The largest absolute Gasteiger partial charge is 0.481 e. The minimum atomic E-state index is -1.11. The Morgan fingerprint density at radius 2 is 2.06 bits per heavy atom. The molecule has 1 aromatic rings. The second-order valence-electron chi connectivity index (χ2n) is 3.53. The quantitative estimate of drug-likeness (QED) is 0.817. The van der Waals surface area contributed by atoms with Crippen molar-refractivity contribution < 1.29 is 19.4 Å². The van der Waals surface area contributed by atoms with E-state index in [4.69, 9.17) is 9.84 Å². The van der Waals surface area contributed by atoms with Crippen molar-refractivity contribution >= 4 is 11.9 Å². The topological polar surface area (TPSA) is 79.7 Å². The summed E-state index contributed by atoms with van der Waals surface area (Å²) in [5.41, 5.74) is -0.00246. The van der Waals surface area contributed by atoms with Gasteiger partial charge in [0.1, 0.15) is 5.56 Å². The lowest BCUT2D eigenvalue weighted by Crippen LogP contribution is -2.34. The van der Waals surface area contributed by atoms with Crippen molar-refractivity contribution in [1.82, 2.24) is 9.88 Å². The number of carboxylic acids is 1. The van der Waals surface area contributed by atoms with E-state index in [1.54, 1.807) is 4.90 Å². The van der Waals surface area contributed by atoms with E-state index in [1.165, 1.54) is 18.5 Å². The van der Waals surface area contributed by atoms with Gasteiger partial charge in [0.25, 0.3) is 5.91 Å². The Kier molecular flexibility index (Phi) is 5.10. The monoisotopic (exact) mass is 252 g/mol. The molecule has 1 heterocycles. The van der Waals surface area contributed by atoms with Gasteiger partial charge in [-0.3, -0.25) is 9.78 Å². The first-order chi connectivity index (χ1) is 8.60. The molecule has 0 atom stereocenters. The summed E-state index contributed by atoms with van der Waals surface area (Å²) in [6.45, 7) is 4.74. The molecule has 0 spiro atoms. The maximum absolute atomic E-state index is 11.7. The molecule has 0 aliphatic rings. The number of aromatic carboxylic acids is 1. The first-order valence-corrected chi connectivity index (χ1v) is 5.68. The highest BCUT2D eigenvalue weighted by molar-refractivity contribution is 5.90. The van der Waals surface area contributed by atoms with E-state index in [-0.39, 0.29) is 23.8 Å². The lowest BCUT2D eigenvalue weighted by atomic mass is 10.2. The van der Waals surface area contributed by atoms with Gasteiger partial charge in [-0.25, -0.2) is 4.79 Å². The van der Waals surface area contributed by atoms with Gasteiger partial charge < -0.3 is 14.7 Å². The predicted molar refractivity (Wildman–Crippen MR) is 64.6 cm³/mol. The van der Waals surface area contributed by atoms with E-state index in [9.17, 15) is 9.59 Å². The number of aromatic nitrogens is 1. The molecule has 0 radical (unpaired) electrons. The van der Waals surface area contributed by atoms with E-state index in [0.29, 0.717) is 13.1 Å². The molecule has 6 nitrogen and oxygen atoms in total. The molecule has 0 aromatic carbocycles. The molecule has 1 N–H and O–H groups in total. The van der Waals surface area contributed by atoms with Crippen LogP contribution in [0.2, 0.25) is 0 Å². The molecule has 0 unspecified atom stereocenters. The Labute approximate surface area is 105 Å². The van der Waals surface area contributed by atoms with Crippen LogP contribution >= 0.6 is 0 Å². The van der Waals surface area contributed by atoms with Crippen LogP contribution in [-0.4, -0.2) is 46.6 Å². The molecule has 6 heteroatoms. The van der Waals surface area contributed by atoms with Crippen LogP contribution in [-0.2, 0) is 4.79 Å². The maximum atomic E-state index is 11.7. The third kappa shape index (κ3) is 3.44. The zero-order valence-electron chi connectivity index (χ0n) is 10.4. The van der Waals surface area contributed by atoms with Crippen LogP contribution in [0.25, 0.3) is 0 Å². The van der Waals surface area contributed by atoms with Crippen LogP contribution < -0.4 is 4.74 Å². The molecule has 0 saturated carbocycles. The normalized spacial score (nSPS) is 9.89. The summed E-state index contributed by atoms with van der Waals surface area (Å²) < 4.78 is 5.21. The number of hydrogen-bond acceptors (Lipinski definition) is 4. The fraction of sp³-hybridized carbons (Fsp3) is 0.417. The van der Waals surface area contributed by atoms with Crippen LogP contribution in [0.3, 0.4) is 0 Å². The zero-order chi connectivity index (χ0) is 13.5. The summed E-state index contributed by atoms with van der Waals surface area (Å²) in [4.78, 5) is 28.0. The van der Waals surface area contributed by atoms with Crippen molar-refractivity contribution in [2.24, 2.45) is 0 Å². The first-order valence-electron chi connectivity index (χ1n) is 5.68. The van der Waals surface area contributed by atoms with Gasteiger partial charge >= 0.3 is 5.97 Å². The fourth-order valence-corrected chi connectivity index (χ4v) is 1.48. The summed E-state index contributed by atoms with van der Waals surface area (Å²) in [5.74, 6) is -1.19. The highest BCUT2D eigenvalue weighted by Crippen LogP contribution is 2.16. The molecule has 0 bridgehead atoms. The standard InChI is InChI=1S/C12H16N2O4/c1-3-14(4-2)11(15)8-18-10-7-13-6-5-9(10)12(16)17/h5-7H,3-4,8H2,1-2H3,(H,16,17). The molecule has 1 amide bonds. The highest BCUT2D eigenvalue weighted by atomic mass is 16.5. The molecule has 0 aliphatic heterocycles. The van der Waals surface area contributed by atoms with E-state index in [1.807, 2.05) is 13.8 Å². The summed E-state index contributed by atoms with van der Waals surface area (Å²) in [6, 6.07) is 1.33.